The molecule has 2 aliphatic carbocycles. The molecular weight excluding hydrogens is 328 g/mol. The fourth-order valence-electron chi connectivity index (χ4n) is 4.27. The number of hydrogen-bond donors (Lipinski definition) is 0. The Hall–Kier alpha value is -1.58. The summed E-state index contributed by atoms with van der Waals surface area (Å²) in [5, 5.41) is 0. The fraction of sp³-hybridized carbons (Fsp3) is 0.727. The van der Waals surface area contributed by atoms with Crippen molar-refractivity contribution in [3.8, 4) is 0 Å². The molecule has 146 valence electrons. The predicted molar refractivity (Wildman–Crippen MR) is 103 cm³/mol. The molecule has 4 nitrogen and oxygen atoms in total. The van der Waals surface area contributed by atoms with Crippen molar-refractivity contribution < 1.29 is 19.1 Å². The molecule has 2 saturated carbocycles. The molecule has 2 rings (SSSR count). The van der Waals surface area contributed by atoms with Crippen molar-refractivity contribution in [2.45, 2.75) is 90.3 Å². The van der Waals surface area contributed by atoms with Crippen LogP contribution >= 0.6 is 0 Å². The van der Waals surface area contributed by atoms with Gasteiger partial charge in [0.1, 0.15) is 11.2 Å². The first-order valence-electron chi connectivity index (χ1n) is 9.81. The topological polar surface area (TPSA) is 52.6 Å². The molecule has 0 atom stereocenters. The zero-order valence-corrected chi connectivity index (χ0v) is 16.9. The lowest BCUT2D eigenvalue weighted by Gasteiger charge is -2.43. The number of hydrogen-bond acceptors (Lipinski definition) is 4. The van der Waals surface area contributed by atoms with Gasteiger partial charge in [0.15, 0.2) is 0 Å². The second-order valence-electron chi connectivity index (χ2n) is 8.91. The molecule has 0 amide bonds. The van der Waals surface area contributed by atoms with E-state index in [2.05, 4.69) is 13.2 Å². The lowest BCUT2D eigenvalue weighted by molar-refractivity contribution is -0.161. The van der Waals surface area contributed by atoms with Crippen LogP contribution in [-0.4, -0.2) is 23.1 Å². The first kappa shape index (κ1) is 20.7. The van der Waals surface area contributed by atoms with Gasteiger partial charge in [0, 0.05) is 11.1 Å². The van der Waals surface area contributed by atoms with Crippen molar-refractivity contribution in [1.29, 1.82) is 0 Å². The van der Waals surface area contributed by atoms with Gasteiger partial charge in [-0.3, -0.25) is 0 Å². The Morgan fingerprint density at radius 3 is 1.23 bits per heavy atom. The third-order valence-corrected chi connectivity index (χ3v) is 6.22. The van der Waals surface area contributed by atoms with Crippen molar-refractivity contribution in [3.63, 3.8) is 0 Å². The lowest BCUT2D eigenvalue weighted by atomic mass is 9.67. The van der Waals surface area contributed by atoms with E-state index >= 15 is 0 Å². The van der Waals surface area contributed by atoms with E-state index in [-0.39, 0.29) is 23.1 Å². The molecule has 0 heterocycles. The van der Waals surface area contributed by atoms with Gasteiger partial charge >= 0.3 is 11.9 Å². The largest absolute Gasteiger partial charge is 0.456 e. The molecule has 0 aliphatic heterocycles. The van der Waals surface area contributed by atoms with E-state index in [0.29, 0.717) is 23.0 Å². The third-order valence-electron chi connectivity index (χ3n) is 6.22. The Morgan fingerprint density at radius 1 is 0.731 bits per heavy atom. The highest BCUT2D eigenvalue weighted by Crippen LogP contribution is 2.45. The van der Waals surface area contributed by atoms with Gasteiger partial charge in [-0.05, 0) is 90.9 Å². The van der Waals surface area contributed by atoms with Gasteiger partial charge in [0.05, 0.1) is 0 Å². The Morgan fingerprint density at radius 2 is 1.00 bits per heavy atom. The summed E-state index contributed by atoms with van der Waals surface area (Å²) in [5.41, 5.74) is 0.216. The van der Waals surface area contributed by atoms with Gasteiger partial charge in [-0.25, -0.2) is 9.59 Å². The van der Waals surface area contributed by atoms with Gasteiger partial charge in [0.2, 0.25) is 0 Å². The monoisotopic (exact) mass is 362 g/mol. The van der Waals surface area contributed by atoms with Crippen LogP contribution < -0.4 is 0 Å². The fourth-order valence-corrected chi connectivity index (χ4v) is 4.27. The molecule has 4 heteroatoms. The van der Waals surface area contributed by atoms with Crippen LogP contribution in [0.15, 0.2) is 24.3 Å². The van der Waals surface area contributed by atoms with Crippen molar-refractivity contribution >= 4 is 11.9 Å². The van der Waals surface area contributed by atoms with E-state index < -0.39 is 0 Å². The van der Waals surface area contributed by atoms with E-state index in [0.717, 1.165) is 51.4 Å². The normalized spacial score (nSPS) is 34.6. The van der Waals surface area contributed by atoms with Crippen LogP contribution in [0.3, 0.4) is 0 Å². The standard InChI is InChI=1S/C22H34O4/c1-15(2)19(23)25-21(5)11-7-17(8-12-21)18-9-13-22(6,14-10-18)26-20(24)16(3)4/h17-18H,1,3,7-14H2,2,4-6H3. The van der Waals surface area contributed by atoms with Gasteiger partial charge < -0.3 is 9.47 Å². The molecule has 0 spiro atoms. The molecule has 2 fully saturated rings. The predicted octanol–water partition coefficient (Wildman–Crippen LogP) is 5.12. The Labute approximate surface area is 158 Å². The minimum atomic E-state index is -0.354. The van der Waals surface area contributed by atoms with Gasteiger partial charge in [-0.15, -0.1) is 0 Å². The molecule has 0 aromatic rings. The van der Waals surface area contributed by atoms with E-state index in [1.807, 2.05) is 13.8 Å². The zero-order valence-electron chi connectivity index (χ0n) is 16.9. The SMILES string of the molecule is C=C(C)C(=O)OC1(C)CCC(C2CCC(C)(OC(=O)C(=C)C)CC2)CC1. The van der Waals surface area contributed by atoms with Crippen LogP contribution in [-0.2, 0) is 19.1 Å². The summed E-state index contributed by atoms with van der Waals surface area (Å²) >= 11 is 0. The van der Waals surface area contributed by atoms with E-state index in [1.165, 1.54) is 0 Å². The van der Waals surface area contributed by atoms with E-state index in [4.69, 9.17) is 9.47 Å². The first-order valence-corrected chi connectivity index (χ1v) is 9.81. The maximum absolute atomic E-state index is 11.8. The highest BCUT2D eigenvalue weighted by Gasteiger charge is 2.41. The van der Waals surface area contributed by atoms with Gasteiger partial charge in [0.25, 0.3) is 0 Å². The molecule has 0 saturated heterocycles. The molecule has 0 radical (unpaired) electrons. The molecule has 0 bridgehead atoms. The number of ether oxygens (including phenoxy) is 2. The van der Waals surface area contributed by atoms with Crippen molar-refractivity contribution in [3.05, 3.63) is 24.3 Å². The molecule has 26 heavy (non-hydrogen) atoms. The van der Waals surface area contributed by atoms with Crippen LogP contribution in [0.4, 0.5) is 0 Å². The molecule has 0 unspecified atom stereocenters. The second kappa shape index (κ2) is 7.98. The number of rotatable bonds is 5. The van der Waals surface area contributed by atoms with Crippen molar-refractivity contribution in [1.82, 2.24) is 0 Å². The number of carbonyl (C=O) groups excluding carboxylic acids is 2. The smallest absolute Gasteiger partial charge is 0.333 e. The Balaban J connectivity index is 1.83. The minimum Gasteiger partial charge on any atom is -0.456 e. The average molecular weight is 363 g/mol. The summed E-state index contributed by atoms with van der Waals surface area (Å²) in [4.78, 5) is 23.7. The highest BCUT2D eigenvalue weighted by atomic mass is 16.6. The summed E-state index contributed by atoms with van der Waals surface area (Å²) in [6.07, 6.45) is 8.01. The summed E-state index contributed by atoms with van der Waals surface area (Å²) in [6, 6.07) is 0. The van der Waals surface area contributed by atoms with Crippen molar-refractivity contribution in [2.75, 3.05) is 0 Å². The average Bonchev–Trinajstić information content (AvgIpc) is 2.56. The summed E-state index contributed by atoms with van der Waals surface area (Å²) in [7, 11) is 0. The lowest BCUT2D eigenvalue weighted by Crippen LogP contribution is -2.41. The maximum Gasteiger partial charge on any atom is 0.333 e. The molecule has 0 aromatic carbocycles. The second-order valence-corrected chi connectivity index (χ2v) is 8.91. The molecular formula is C22H34O4. The maximum atomic E-state index is 11.8. The van der Waals surface area contributed by atoms with Crippen LogP contribution in [0.5, 0.6) is 0 Å². The first-order chi connectivity index (χ1) is 12.0. The Kier molecular flexibility index (Phi) is 6.36. The summed E-state index contributed by atoms with van der Waals surface area (Å²) < 4.78 is 11.3. The van der Waals surface area contributed by atoms with E-state index in [1.54, 1.807) is 13.8 Å². The van der Waals surface area contributed by atoms with Crippen LogP contribution in [0.1, 0.15) is 79.1 Å². The number of esters is 2. The van der Waals surface area contributed by atoms with Crippen LogP contribution in [0.25, 0.3) is 0 Å². The van der Waals surface area contributed by atoms with Crippen LogP contribution in [0.2, 0.25) is 0 Å². The van der Waals surface area contributed by atoms with E-state index in [9.17, 15) is 9.59 Å². The highest BCUT2D eigenvalue weighted by molar-refractivity contribution is 5.87. The summed E-state index contributed by atoms with van der Waals surface area (Å²) in [5.74, 6) is 0.790. The third kappa shape index (κ3) is 5.21. The van der Waals surface area contributed by atoms with Gasteiger partial charge in [-0.1, -0.05) is 13.2 Å². The quantitative estimate of drug-likeness (QED) is 0.503. The summed E-state index contributed by atoms with van der Waals surface area (Å²) in [6.45, 7) is 14.8. The molecule has 2 aliphatic rings. The number of carbonyl (C=O) groups is 2. The molecule has 0 aromatic heterocycles. The van der Waals surface area contributed by atoms with Gasteiger partial charge in [-0.2, -0.15) is 0 Å². The van der Waals surface area contributed by atoms with Crippen LogP contribution in [0, 0.1) is 11.8 Å². The Bertz CT molecular complexity index is 521. The van der Waals surface area contributed by atoms with Crippen molar-refractivity contribution in [2.24, 2.45) is 11.8 Å². The minimum absolute atomic E-state index is 0.279. The molecule has 0 N–H and O–H groups in total. The zero-order chi connectivity index (χ0) is 19.5.